The van der Waals surface area contributed by atoms with Gasteiger partial charge in [-0.2, -0.15) is 0 Å². The number of alkyl halides is 3. The molecular formula is C27H23F3N2O6. The minimum absolute atomic E-state index is 0.0523. The molecule has 1 heterocycles. The van der Waals surface area contributed by atoms with Gasteiger partial charge in [-0.3, -0.25) is 4.79 Å². The van der Waals surface area contributed by atoms with Crippen LogP contribution >= 0.6 is 0 Å². The van der Waals surface area contributed by atoms with E-state index in [4.69, 9.17) is 14.2 Å². The highest BCUT2D eigenvalue weighted by Gasteiger charge is 2.31. The molecule has 198 valence electrons. The van der Waals surface area contributed by atoms with Crippen molar-refractivity contribution in [1.29, 1.82) is 0 Å². The third-order valence-corrected chi connectivity index (χ3v) is 5.66. The van der Waals surface area contributed by atoms with Crippen LogP contribution in [0, 0.1) is 0 Å². The SMILES string of the molecule is CCOC(=O)c1nc2cc(-c3ccc(OC(F)(F)F)cc3)ccc2n(Cc2ccc(OC)cc2OC)c1=O. The Hall–Kier alpha value is -4.54. The van der Waals surface area contributed by atoms with Crippen LogP contribution in [-0.2, 0) is 11.3 Å². The van der Waals surface area contributed by atoms with E-state index in [1.807, 2.05) is 0 Å². The van der Waals surface area contributed by atoms with Crippen molar-refractivity contribution >= 4 is 17.0 Å². The van der Waals surface area contributed by atoms with Gasteiger partial charge in [0.1, 0.15) is 17.2 Å². The van der Waals surface area contributed by atoms with E-state index in [9.17, 15) is 22.8 Å². The maximum Gasteiger partial charge on any atom is 0.573 e. The molecule has 0 aliphatic carbocycles. The van der Waals surface area contributed by atoms with E-state index in [-0.39, 0.29) is 18.9 Å². The molecule has 0 bridgehead atoms. The molecule has 0 aliphatic heterocycles. The van der Waals surface area contributed by atoms with Crippen LogP contribution < -0.4 is 19.8 Å². The second kappa shape index (κ2) is 10.8. The topological polar surface area (TPSA) is 88.9 Å². The summed E-state index contributed by atoms with van der Waals surface area (Å²) in [6.45, 7) is 1.72. The number of esters is 1. The molecular weight excluding hydrogens is 505 g/mol. The van der Waals surface area contributed by atoms with Crippen molar-refractivity contribution in [3.63, 3.8) is 0 Å². The van der Waals surface area contributed by atoms with Gasteiger partial charge in [-0.25, -0.2) is 9.78 Å². The van der Waals surface area contributed by atoms with Crippen LogP contribution in [0.5, 0.6) is 17.2 Å². The Morgan fingerprint density at radius 1 is 0.921 bits per heavy atom. The fourth-order valence-electron chi connectivity index (χ4n) is 3.92. The van der Waals surface area contributed by atoms with E-state index < -0.39 is 23.6 Å². The number of rotatable bonds is 8. The van der Waals surface area contributed by atoms with Crippen LogP contribution in [0.3, 0.4) is 0 Å². The molecule has 0 saturated heterocycles. The quantitative estimate of drug-likeness (QED) is 0.290. The fraction of sp³-hybridized carbons (Fsp3) is 0.222. The summed E-state index contributed by atoms with van der Waals surface area (Å²) >= 11 is 0. The highest BCUT2D eigenvalue weighted by atomic mass is 19.4. The lowest BCUT2D eigenvalue weighted by atomic mass is 10.0. The zero-order valence-electron chi connectivity index (χ0n) is 20.7. The molecule has 0 N–H and O–H groups in total. The second-order valence-electron chi connectivity index (χ2n) is 8.03. The Balaban J connectivity index is 1.82. The maximum absolute atomic E-state index is 13.4. The van der Waals surface area contributed by atoms with Gasteiger partial charge in [0.05, 0.1) is 38.4 Å². The first-order valence-corrected chi connectivity index (χ1v) is 11.4. The normalized spacial score (nSPS) is 11.3. The zero-order chi connectivity index (χ0) is 27.4. The van der Waals surface area contributed by atoms with Gasteiger partial charge in [0, 0.05) is 11.6 Å². The summed E-state index contributed by atoms with van der Waals surface area (Å²) in [4.78, 5) is 30.2. The molecule has 3 aromatic carbocycles. The van der Waals surface area contributed by atoms with Gasteiger partial charge in [-0.1, -0.05) is 18.2 Å². The van der Waals surface area contributed by atoms with Gasteiger partial charge in [-0.05, 0) is 54.4 Å². The Labute approximate surface area is 215 Å². The van der Waals surface area contributed by atoms with Gasteiger partial charge < -0.3 is 23.5 Å². The number of fused-ring (bicyclic) bond motifs is 1. The third kappa shape index (κ3) is 5.72. The van der Waals surface area contributed by atoms with Crippen molar-refractivity contribution < 1.29 is 36.9 Å². The molecule has 0 atom stereocenters. The number of carbonyl (C=O) groups is 1. The number of ether oxygens (including phenoxy) is 4. The molecule has 0 amide bonds. The fourth-order valence-corrected chi connectivity index (χ4v) is 3.92. The number of methoxy groups -OCH3 is 2. The first-order valence-electron chi connectivity index (χ1n) is 11.4. The van der Waals surface area contributed by atoms with Crippen molar-refractivity contribution in [1.82, 2.24) is 9.55 Å². The summed E-state index contributed by atoms with van der Waals surface area (Å²) in [6, 6.07) is 15.5. The number of benzene rings is 3. The largest absolute Gasteiger partial charge is 0.573 e. The van der Waals surface area contributed by atoms with Gasteiger partial charge >= 0.3 is 12.3 Å². The lowest BCUT2D eigenvalue weighted by molar-refractivity contribution is -0.274. The van der Waals surface area contributed by atoms with Crippen LogP contribution in [0.4, 0.5) is 13.2 Å². The number of hydrogen-bond acceptors (Lipinski definition) is 7. The minimum atomic E-state index is -4.80. The summed E-state index contributed by atoms with van der Waals surface area (Å²) < 4.78 is 58.6. The standard InChI is InChI=1S/C27H23F3N2O6/c1-4-37-26(34)24-25(33)32(15-18-7-11-20(35-2)14-23(18)36-3)22-12-8-17(13-21(22)31-24)16-5-9-19(10-6-16)38-27(28,29)30/h5-14H,4,15H2,1-3H3. The van der Waals surface area contributed by atoms with Crippen molar-refractivity contribution in [3.8, 4) is 28.4 Å². The van der Waals surface area contributed by atoms with Crippen LogP contribution in [0.15, 0.2) is 65.5 Å². The van der Waals surface area contributed by atoms with E-state index in [0.717, 1.165) is 0 Å². The molecule has 0 saturated carbocycles. The summed E-state index contributed by atoms with van der Waals surface area (Å²) in [5.74, 6) is -0.168. The van der Waals surface area contributed by atoms with E-state index in [2.05, 4.69) is 9.72 Å². The maximum atomic E-state index is 13.4. The lowest BCUT2D eigenvalue weighted by Crippen LogP contribution is -2.30. The Morgan fingerprint density at radius 2 is 1.61 bits per heavy atom. The Kier molecular flexibility index (Phi) is 7.56. The molecule has 38 heavy (non-hydrogen) atoms. The Morgan fingerprint density at radius 3 is 2.24 bits per heavy atom. The number of aromatic nitrogens is 2. The molecule has 0 unspecified atom stereocenters. The average molecular weight is 528 g/mol. The third-order valence-electron chi connectivity index (χ3n) is 5.66. The number of halogens is 3. The van der Waals surface area contributed by atoms with Crippen molar-refractivity contribution in [3.05, 3.63) is 82.3 Å². The van der Waals surface area contributed by atoms with Crippen LogP contribution in [0.1, 0.15) is 23.0 Å². The van der Waals surface area contributed by atoms with E-state index in [1.165, 1.54) is 43.1 Å². The highest BCUT2D eigenvalue weighted by molar-refractivity contribution is 5.90. The van der Waals surface area contributed by atoms with Gasteiger partial charge in [0.2, 0.25) is 5.69 Å². The number of carbonyl (C=O) groups excluding carboxylic acids is 1. The molecule has 11 heteroatoms. The number of hydrogen-bond donors (Lipinski definition) is 0. The van der Waals surface area contributed by atoms with Crippen LogP contribution in [-0.4, -0.2) is 42.7 Å². The first-order chi connectivity index (χ1) is 18.1. The summed E-state index contributed by atoms with van der Waals surface area (Å²) in [7, 11) is 3.02. The first kappa shape index (κ1) is 26.5. The monoisotopic (exact) mass is 528 g/mol. The van der Waals surface area contributed by atoms with E-state index in [0.29, 0.717) is 39.2 Å². The van der Waals surface area contributed by atoms with Gasteiger partial charge in [-0.15, -0.1) is 13.2 Å². The summed E-state index contributed by atoms with van der Waals surface area (Å²) in [5.41, 5.74) is 1.55. The molecule has 0 fully saturated rings. The zero-order valence-corrected chi connectivity index (χ0v) is 20.7. The molecule has 4 rings (SSSR count). The van der Waals surface area contributed by atoms with Crippen LogP contribution in [0.2, 0.25) is 0 Å². The van der Waals surface area contributed by atoms with E-state index in [1.54, 1.807) is 43.3 Å². The predicted octanol–water partition coefficient (Wildman–Crippen LogP) is 5.20. The molecule has 0 spiro atoms. The number of nitrogens with zero attached hydrogens (tertiary/aromatic N) is 2. The van der Waals surface area contributed by atoms with Crippen molar-refractivity contribution in [2.45, 2.75) is 19.8 Å². The predicted molar refractivity (Wildman–Crippen MR) is 133 cm³/mol. The van der Waals surface area contributed by atoms with Crippen molar-refractivity contribution in [2.24, 2.45) is 0 Å². The van der Waals surface area contributed by atoms with Gasteiger partial charge in [0.25, 0.3) is 5.56 Å². The van der Waals surface area contributed by atoms with E-state index >= 15 is 0 Å². The van der Waals surface area contributed by atoms with Crippen molar-refractivity contribution in [2.75, 3.05) is 20.8 Å². The molecule has 8 nitrogen and oxygen atoms in total. The molecule has 0 aliphatic rings. The second-order valence-corrected chi connectivity index (χ2v) is 8.03. The average Bonchev–Trinajstić information content (AvgIpc) is 2.89. The summed E-state index contributed by atoms with van der Waals surface area (Å²) in [6.07, 6.45) is -4.80. The van der Waals surface area contributed by atoms with Crippen LogP contribution in [0.25, 0.3) is 22.2 Å². The minimum Gasteiger partial charge on any atom is -0.497 e. The lowest BCUT2D eigenvalue weighted by Gasteiger charge is -2.15. The Bertz CT molecular complexity index is 1530. The smallest absolute Gasteiger partial charge is 0.497 e. The highest BCUT2D eigenvalue weighted by Crippen LogP contribution is 2.29. The van der Waals surface area contributed by atoms with Gasteiger partial charge in [0.15, 0.2) is 0 Å². The molecule has 1 aromatic heterocycles. The summed E-state index contributed by atoms with van der Waals surface area (Å²) in [5, 5.41) is 0. The molecule has 4 aromatic rings. The molecule has 0 radical (unpaired) electrons.